The number of carbonyl (C=O) groups excluding carboxylic acids is 2. The third-order valence-corrected chi connectivity index (χ3v) is 5.57. The lowest BCUT2D eigenvalue weighted by Crippen LogP contribution is -2.52. The van der Waals surface area contributed by atoms with Crippen LogP contribution in [0, 0.1) is 6.92 Å². The Morgan fingerprint density at radius 1 is 1.19 bits per heavy atom. The Morgan fingerprint density at radius 2 is 1.96 bits per heavy atom. The molecule has 136 valence electrons. The second kappa shape index (κ2) is 7.07. The van der Waals surface area contributed by atoms with Crippen molar-refractivity contribution in [2.75, 3.05) is 24.5 Å². The van der Waals surface area contributed by atoms with Gasteiger partial charge in [-0.1, -0.05) is 12.1 Å². The first-order chi connectivity index (χ1) is 12.6. The summed E-state index contributed by atoms with van der Waals surface area (Å²) in [6, 6.07) is 7.36. The van der Waals surface area contributed by atoms with Gasteiger partial charge in [0.15, 0.2) is 6.10 Å². The summed E-state index contributed by atoms with van der Waals surface area (Å²) in [4.78, 5) is 33.7. The molecule has 0 radical (unpaired) electrons. The largest absolute Gasteiger partial charge is 0.476 e. The molecule has 1 fully saturated rings. The number of ether oxygens (including phenoxy) is 1. The van der Waals surface area contributed by atoms with Crippen LogP contribution >= 0.6 is 11.3 Å². The molecule has 26 heavy (non-hydrogen) atoms. The molecule has 0 aliphatic carbocycles. The lowest BCUT2D eigenvalue weighted by Gasteiger charge is -2.37. The topological polar surface area (TPSA) is 62.7 Å². The zero-order chi connectivity index (χ0) is 18.1. The highest BCUT2D eigenvalue weighted by Gasteiger charge is 2.37. The summed E-state index contributed by atoms with van der Waals surface area (Å²) in [6.07, 6.45) is 2.53. The van der Waals surface area contributed by atoms with E-state index in [4.69, 9.17) is 4.74 Å². The fourth-order valence-corrected chi connectivity index (χ4v) is 4.06. The normalized spacial score (nSPS) is 19.7. The highest BCUT2D eigenvalue weighted by molar-refractivity contribution is 7.09. The van der Waals surface area contributed by atoms with Crippen LogP contribution in [0.2, 0.25) is 0 Å². The number of aryl methyl sites for hydroxylation is 1. The Bertz CT molecular complexity index is 829. The van der Waals surface area contributed by atoms with Crippen LogP contribution in [0.5, 0.6) is 5.75 Å². The van der Waals surface area contributed by atoms with Gasteiger partial charge in [0.05, 0.1) is 17.2 Å². The second-order valence-corrected chi connectivity index (χ2v) is 7.69. The molecule has 1 atom stereocenters. The van der Waals surface area contributed by atoms with Crippen molar-refractivity contribution in [1.82, 2.24) is 9.88 Å². The van der Waals surface area contributed by atoms with E-state index in [1.165, 1.54) is 11.3 Å². The van der Waals surface area contributed by atoms with E-state index < -0.39 is 6.10 Å². The SMILES string of the molecule is Cc1nc(C(=O)N2CC(C(=O)N3CCCCC3)Oc3ccccc32)cs1. The predicted molar refractivity (Wildman–Crippen MR) is 99.8 cm³/mol. The quantitative estimate of drug-likeness (QED) is 0.814. The summed E-state index contributed by atoms with van der Waals surface area (Å²) in [5.74, 6) is 0.336. The maximum absolute atomic E-state index is 13.0. The van der Waals surface area contributed by atoms with Crippen molar-refractivity contribution >= 4 is 28.8 Å². The summed E-state index contributed by atoms with van der Waals surface area (Å²) in [5, 5.41) is 2.60. The van der Waals surface area contributed by atoms with Crippen molar-refractivity contribution in [1.29, 1.82) is 0 Å². The number of hydrogen-bond donors (Lipinski definition) is 0. The molecule has 4 rings (SSSR count). The number of likely N-dealkylation sites (tertiary alicyclic amines) is 1. The lowest BCUT2D eigenvalue weighted by molar-refractivity contribution is -0.139. The van der Waals surface area contributed by atoms with Crippen LogP contribution in [0.15, 0.2) is 29.6 Å². The van der Waals surface area contributed by atoms with Crippen molar-refractivity contribution in [2.24, 2.45) is 0 Å². The van der Waals surface area contributed by atoms with Crippen molar-refractivity contribution in [3.05, 3.63) is 40.3 Å². The number of para-hydroxylation sites is 2. The van der Waals surface area contributed by atoms with Gasteiger partial charge >= 0.3 is 0 Å². The Balaban J connectivity index is 1.62. The van der Waals surface area contributed by atoms with Crippen molar-refractivity contribution in [3.63, 3.8) is 0 Å². The Kier molecular flexibility index (Phi) is 4.63. The van der Waals surface area contributed by atoms with Gasteiger partial charge in [0.2, 0.25) is 0 Å². The van der Waals surface area contributed by atoms with Crippen LogP contribution in [0.4, 0.5) is 5.69 Å². The van der Waals surface area contributed by atoms with Gasteiger partial charge in [0.1, 0.15) is 11.4 Å². The number of fused-ring (bicyclic) bond motifs is 1. The summed E-state index contributed by atoms with van der Waals surface area (Å²) in [6.45, 7) is 3.61. The number of nitrogens with zero attached hydrogens (tertiary/aromatic N) is 3. The molecule has 0 spiro atoms. The lowest BCUT2D eigenvalue weighted by atomic mass is 10.1. The molecule has 2 amide bonds. The predicted octanol–water partition coefficient (Wildman–Crippen LogP) is 2.87. The first kappa shape index (κ1) is 17.0. The minimum Gasteiger partial charge on any atom is -0.476 e. The highest BCUT2D eigenvalue weighted by Crippen LogP contribution is 2.34. The van der Waals surface area contributed by atoms with E-state index in [-0.39, 0.29) is 18.4 Å². The maximum atomic E-state index is 13.0. The number of carbonyl (C=O) groups is 2. The number of anilines is 1. The minimum absolute atomic E-state index is 0.0357. The van der Waals surface area contributed by atoms with Crippen molar-refractivity contribution < 1.29 is 14.3 Å². The van der Waals surface area contributed by atoms with Gasteiger partial charge in [0, 0.05) is 18.5 Å². The zero-order valence-corrected chi connectivity index (χ0v) is 15.5. The summed E-state index contributed by atoms with van der Waals surface area (Å²) in [7, 11) is 0. The molecule has 2 aliphatic rings. The van der Waals surface area contributed by atoms with Gasteiger partial charge < -0.3 is 9.64 Å². The number of aromatic nitrogens is 1. The number of thiazole rings is 1. The Labute approximate surface area is 156 Å². The number of amides is 2. The highest BCUT2D eigenvalue weighted by atomic mass is 32.1. The van der Waals surface area contributed by atoms with Crippen LogP contribution in [0.25, 0.3) is 0 Å². The van der Waals surface area contributed by atoms with E-state index in [1.54, 1.807) is 16.3 Å². The Hall–Kier alpha value is -2.41. The summed E-state index contributed by atoms with van der Waals surface area (Å²) in [5.41, 5.74) is 1.10. The van der Waals surface area contributed by atoms with Gasteiger partial charge in [-0.15, -0.1) is 11.3 Å². The van der Waals surface area contributed by atoms with E-state index in [9.17, 15) is 9.59 Å². The molecule has 7 heteroatoms. The minimum atomic E-state index is -0.674. The summed E-state index contributed by atoms with van der Waals surface area (Å²) < 4.78 is 5.97. The maximum Gasteiger partial charge on any atom is 0.278 e. The van der Waals surface area contributed by atoms with E-state index in [2.05, 4.69) is 4.98 Å². The molecule has 0 saturated carbocycles. The fraction of sp³-hybridized carbons (Fsp3) is 0.421. The van der Waals surface area contributed by atoms with Gasteiger partial charge in [0.25, 0.3) is 11.8 Å². The average Bonchev–Trinajstić information content (AvgIpc) is 3.13. The van der Waals surface area contributed by atoms with Crippen LogP contribution in [0.1, 0.15) is 34.8 Å². The number of hydrogen-bond acceptors (Lipinski definition) is 5. The second-order valence-electron chi connectivity index (χ2n) is 6.63. The molecule has 1 unspecified atom stereocenters. The molecular formula is C19H21N3O3S. The zero-order valence-electron chi connectivity index (χ0n) is 14.7. The molecule has 3 heterocycles. The van der Waals surface area contributed by atoms with Crippen LogP contribution in [-0.2, 0) is 4.79 Å². The molecule has 6 nitrogen and oxygen atoms in total. The van der Waals surface area contributed by atoms with Gasteiger partial charge in [-0.2, -0.15) is 0 Å². The summed E-state index contributed by atoms with van der Waals surface area (Å²) >= 11 is 1.44. The number of rotatable bonds is 2. The van der Waals surface area contributed by atoms with Crippen LogP contribution in [0.3, 0.4) is 0 Å². The molecule has 1 aromatic heterocycles. The number of piperidine rings is 1. The van der Waals surface area contributed by atoms with E-state index in [0.29, 0.717) is 17.1 Å². The van der Waals surface area contributed by atoms with E-state index in [0.717, 1.165) is 37.4 Å². The number of benzene rings is 1. The first-order valence-corrected chi connectivity index (χ1v) is 9.80. The van der Waals surface area contributed by atoms with Gasteiger partial charge in [-0.25, -0.2) is 4.98 Å². The molecule has 2 aromatic rings. The van der Waals surface area contributed by atoms with Crippen molar-refractivity contribution in [3.8, 4) is 5.75 Å². The monoisotopic (exact) mass is 371 g/mol. The molecule has 2 aliphatic heterocycles. The molecule has 0 N–H and O–H groups in total. The smallest absolute Gasteiger partial charge is 0.278 e. The van der Waals surface area contributed by atoms with Crippen LogP contribution < -0.4 is 9.64 Å². The van der Waals surface area contributed by atoms with Crippen molar-refractivity contribution in [2.45, 2.75) is 32.3 Å². The molecule has 1 saturated heterocycles. The Morgan fingerprint density at radius 3 is 2.69 bits per heavy atom. The van der Waals surface area contributed by atoms with Crippen LogP contribution in [-0.4, -0.2) is 47.4 Å². The third-order valence-electron chi connectivity index (χ3n) is 4.80. The van der Waals surface area contributed by atoms with Gasteiger partial charge in [-0.3, -0.25) is 14.5 Å². The van der Waals surface area contributed by atoms with E-state index in [1.807, 2.05) is 30.0 Å². The molecular weight excluding hydrogens is 350 g/mol. The molecule has 1 aromatic carbocycles. The fourth-order valence-electron chi connectivity index (χ4n) is 3.47. The van der Waals surface area contributed by atoms with E-state index >= 15 is 0 Å². The molecule has 0 bridgehead atoms. The third kappa shape index (κ3) is 3.19. The first-order valence-electron chi connectivity index (χ1n) is 8.92. The standard InChI is InChI=1S/C19H21N3O3S/c1-13-20-14(12-26-13)18(23)22-11-17(19(24)21-9-5-2-6-10-21)25-16-8-4-3-7-15(16)22/h3-4,7-8,12,17H,2,5-6,9-11H2,1H3. The van der Waals surface area contributed by atoms with Gasteiger partial charge in [-0.05, 0) is 38.3 Å². The average molecular weight is 371 g/mol.